The summed E-state index contributed by atoms with van der Waals surface area (Å²) in [6.07, 6.45) is 2.27. The summed E-state index contributed by atoms with van der Waals surface area (Å²) >= 11 is 0. The average molecular weight is 318 g/mol. The maximum Gasteiger partial charge on any atom is 0.323 e. The van der Waals surface area contributed by atoms with Gasteiger partial charge in [0.15, 0.2) is 0 Å². The van der Waals surface area contributed by atoms with Gasteiger partial charge in [0.25, 0.3) is 0 Å². The van der Waals surface area contributed by atoms with Crippen LogP contribution in [0.4, 0.5) is 4.39 Å². The van der Waals surface area contributed by atoms with Crippen molar-refractivity contribution in [3.05, 3.63) is 11.6 Å². The van der Waals surface area contributed by atoms with Crippen LogP contribution in [0.1, 0.15) is 26.7 Å². The zero-order valence-corrected chi connectivity index (χ0v) is 12.7. The lowest BCUT2D eigenvalue weighted by molar-refractivity contribution is -0.142. The van der Waals surface area contributed by atoms with Gasteiger partial charge in [-0.15, -0.1) is 24.8 Å². The Hall–Kier alpha value is -0.850. The molecule has 1 atom stereocenters. The number of carbonyl (C=O) groups is 1. The van der Waals surface area contributed by atoms with Crippen LogP contribution in [0.25, 0.3) is 0 Å². The molecule has 0 aliphatic heterocycles. The van der Waals surface area contributed by atoms with Crippen molar-refractivity contribution in [1.82, 2.24) is 0 Å². The van der Waals surface area contributed by atoms with Crippen LogP contribution in [-0.2, 0) is 4.79 Å². The van der Waals surface area contributed by atoms with Gasteiger partial charge in [0, 0.05) is 0 Å². The summed E-state index contributed by atoms with van der Waals surface area (Å²) in [6, 6.07) is 0. The third-order valence-electron chi connectivity index (χ3n) is 2.29. The molecule has 5 N–H and O–H groups in total. The van der Waals surface area contributed by atoms with Gasteiger partial charge in [0.2, 0.25) is 0 Å². The molecule has 0 aliphatic rings. The number of hydrogen-bond acceptors (Lipinski definition) is 3. The van der Waals surface area contributed by atoms with Crippen LogP contribution in [0.15, 0.2) is 16.6 Å². The standard InChI is InChI=1S/C11H20FN3O2.2ClH/c1-8(13)15-7-9(6-12)4-3-5-11(2,14)10(16)17;;/h4H,3,5-7,14H2,1-2H3,(H2,13,15)(H,16,17);2*1H/b9-4+;;/t11-;;/m0../s1. The molecule has 0 saturated carbocycles. The zero-order chi connectivity index (χ0) is 13.5. The fourth-order valence-electron chi connectivity index (χ4n) is 1.07. The second-order valence-corrected chi connectivity index (χ2v) is 4.21. The Labute approximate surface area is 125 Å². The van der Waals surface area contributed by atoms with Gasteiger partial charge in [0.1, 0.15) is 12.2 Å². The minimum absolute atomic E-state index is 0. The summed E-state index contributed by atoms with van der Waals surface area (Å²) in [5.41, 5.74) is 10.1. The summed E-state index contributed by atoms with van der Waals surface area (Å²) in [5, 5.41) is 8.78. The summed E-state index contributed by atoms with van der Waals surface area (Å²) in [6.45, 7) is 2.63. The lowest BCUT2D eigenvalue weighted by atomic mass is 9.97. The number of halogens is 3. The van der Waals surface area contributed by atoms with E-state index in [0.717, 1.165) is 0 Å². The van der Waals surface area contributed by atoms with Gasteiger partial charge in [0.05, 0.1) is 12.4 Å². The van der Waals surface area contributed by atoms with Crippen LogP contribution >= 0.6 is 24.8 Å². The lowest BCUT2D eigenvalue weighted by Gasteiger charge is -2.17. The van der Waals surface area contributed by atoms with E-state index in [1.165, 1.54) is 6.92 Å². The largest absolute Gasteiger partial charge is 0.480 e. The second-order valence-electron chi connectivity index (χ2n) is 4.21. The Morgan fingerprint density at radius 2 is 2.00 bits per heavy atom. The van der Waals surface area contributed by atoms with Crippen molar-refractivity contribution in [2.75, 3.05) is 13.2 Å². The van der Waals surface area contributed by atoms with E-state index < -0.39 is 18.2 Å². The highest BCUT2D eigenvalue weighted by Gasteiger charge is 2.26. The first-order valence-corrected chi connectivity index (χ1v) is 5.32. The molecule has 5 nitrogen and oxygen atoms in total. The summed E-state index contributed by atoms with van der Waals surface area (Å²) in [7, 11) is 0. The van der Waals surface area contributed by atoms with Gasteiger partial charge in [-0.1, -0.05) is 6.08 Å². The van der Waals surface area contributed by atoms with Gasteiger partial charge in [-0.05, 0) is 32.3 Å². The van der Waals surface area contributed by atoms with Crippen molar-refractivity contribution in [3.63, 3.8) is 0 Å². The van der Waals surface area contributed by atoms with Gasteiger partial charge >= 0.3 is 5.97 Å². The fourth-order valence-corrected chi connectivity index (χ4v) is 1.07. The van der Waals surface area contributed by atoms with Gasteiger partial charge < -0.3 is 16.6 Å². The molecule has 0 fully saturated rings. The molecule has 19 heavy (non-hydrogen) atoms. The van der Waals surface area contributed by atoms with Crippen LogP contribution in [0.3, 0.4) is 0 Å². The van der Waals surface area contributed by atoms with Gasteiger partial charge in [-0.2, -0.15) is 0 Å². The molecule has 0 heterocycles. The molecule has 0 saturated heterocycles. The van der Waals surface area contributed by atoms with E-state index in [9.17, 15) is 9.18 Å². The predicted octanol–water partition coefficient (Wildman–Crippen LogP) is 1.69. The van der Waals surface area contributed by atoms with Crippen LogP contribution in [0.2, 0.25) is 0 Å². The third kappa shape index (κ3) is 10.7. The van der Waals surface area contributed by atoms with Crippen LogP contribution in [0.5, 0.6) is 0 Å². The molecule has 0 rings (SSSR count). The van der Waals surface area contributed by atoms with E-state index in [4.69, 9.17) is 16.6 Å². The molecule has 0 aromatic rings. The number of rotatable bonds is 7. The van der Waals surface area contributed by atoms with E-state index in [0.29, 0.717) is 17.8 Å². The Bertz CT molecular complexity index is 330. The predicted molar refractivity (Wildman–Crippen MR) is 80.2 cm³/mol. The Kier molecular flexibility index (Phi) is 13.5. The zero-order valence-electron chi connectivity index (χ0n) is 11.1. The quantitative estimate of drug-likeness (QED) is 0.377. The highest BCUT2D eigenvalue weighted by molar-refractivity contribution is 5.85. The fraction of sp³-hybridized carbons (Fsp3) is 0.636. The highest BCUT2D eigenvalue weighted by atomic mass is 35.5. The first kappa shape index (κ1) is 23.3. The number of nitrogens with zero attached hydrogens (tertiary/aromatic N) is 1. The van der Waals surface area contributed by atoms with Crippen molar-refractivity contribution in [3.8, 4) is 0 Å². The molecule has 0 bridgehead atoms. The number of aliphatic imine (C=N–C) groups is 1. The van der Waals surface area contributed by atoms with Crippen molar-refractivity contribution in [2.45, 2.75) is 32.2 Å². The number of aliphatic carboxylic acids is 1. The molecule has 0 aromatic carbocycles. The molecule has 114 valence electrons. The molecular weight excluding hydrogens is 296 g/mol. The van der Waals surface area contributed by atoms with Crippen molar-refractivity contribution >= 4 is 36.6 Å². The monoisotopic (exact) mass is 317 g/mol. The Balaban J connectivity index is -0.00000128. The maximum atomic E-state index is 12.6. The van der Waals surface area contributed by atoms with E-state index in [-0.39, 0.29) is 37.8 Å². The van der Waals surface area contributed by atoms with Crippen LogP contribution in [-0.4, -0.2) is 35.7 Å². The summed E-state index contributed by atoms with van der Waals surface area (Å²) < 4.78 is 12.6. The smallest absolute Gasteiger partial charge is 0.323 e. The lowest BCUT2D eigenvalue weighted by Crippen LogP contribution is -2.44. The van der Waals surface area contributed by atoms with Crippen molar-refractivity contribution < 1.29 is 14.3 Å². The molecular formula is C11H22Cl2FN3O2. The number of hydrogen-bond donors (Lipinski definition) is 3. The average Bonchev–Trinajstić information content (AvgIpc) is 2.22. The number of carboxylic acids is 1. The molecule has 0 unspecified atom stereocenters. The van der Waals surface area contributed by atoms with E-state index in [1.807, 2.05) is 0 Å². The molecule has 0 radical (unpaired) electrons. The van der Waals surface area contributed by atoms with Crippen LogP contribution < -0.4 is 11.5 Å². The summed E-state index contributed by atoms with van der Waals surface area (Å²) in [4.78, 5) is 14.6. The first-order valence-electron chi connectivity index (χ1n) is 5.32. The van der Waals surface area contributed by atoms with E-state index >= 15 is 0 Å². The second kappa shape index (κ2) is 11.0. The number of nitrogens with two attached hydrogens (primary N) is 2. The molecule has 0 aromatic heterocycles. The minimum atomic E-state index is -1.29. The van der Waals surface area contributed by atoms with Crippen molar-refractivity contribution in [2.24, 2.45) is 16.5 Å². The Morgan fingerprint density at radius 3 is 2.37 bits per heavy atom. The third-order valence-corrected chi connectivity index (χ3v) is 2.29. The normalized spacial score (nSPS) is 14.9. The number of allylic oxidation sites excluding steroid dienone is 1. The number of alkyl halides is 1. The molecule has 0 aliphatic carbocycles. The molecule has 0 spiro atoms. The molecule has 8 heteroatoms. The van der Waals surface area contributed by atoms with E-state index in [1.54, 1.807) is 13.0 Å². The minimum Gasteiger partial charge on any atom is -0.480 e. The highest BCUT2D eigenvalue weighted by Crippen LogP contribution is 2.11. The number of carboxylic acid groups (broad SMARTS) is 1. The first-order chi connectivity index (χ1) is 7.79. The van der Waals surface area contributed by atoms with Gasteiger partial charge in [-0.3, -0.25) is 9.79 Å². The maximum absolute atomic E-state index is 12.6. The summed E-state index contributed by atoms with van der Waals surface area (Å²) in [5.74, 6) is -0.679. The molecule has 0 amide bonds. The number of amidine groups is 1. The topological polar surface area (TPSA) is 102 Å². The Morgan fingerprint density at radius 1 is 1.47 bits per heavy atom. The SMILES string of the molecule is CC(N)=NC/C(=C/CC[C@](C)(N)C(=O)O)CF.Cl.Cl. The van der Waals surface area contributed by atoms with Gasteiger partial charge in [-0.25, -0.2) is 4.39 Å². The van der Waals surface area contributed by atoms with E-state index in [2.05, 4.69) is 4.99 Å². The van der Waals surface area contributed by atoms with Crippen LogP contribution in [0, 0.1) is 0 Å². The van der Waals surface area contributed by atoms with Crippen molar-refractivity contribution in [1.29, 1.82) is 0 Å².